The number of amides is 1. The Hall–Kier alpha value is -2.57. The SMILES string of the molecule is COc1ccccc1C1(C(=O)NC[C@@](O)(c2ccco2)c2cccs2)CC1. The predicted molar refractivity (Wildman–Crippen MR) is 103 cm³/mol. The highest BCUT2D eigenvalue weighted by atomic mass is 32.1. The Balaban J connectivity index is 1.58. The quantitative estimate of drug-likeness (QED) is 0.656. The molecule has 1 atom stereocenters. The first-order chi connectivity index (χ1) is 13.1. The van der Waals surface area contributed by atoms with Gasteiger partial charge in [-0.05, 0) is 42.5 Å². The monoisotopic (exact) mass is 383 g/mol. The molecule has 4 rings (SSSR count). The fourth-order valence-corrected chi connectivity index (χ4v) is 4.31. The molecule has 6 heteroatoms. The van der Waals surface area contributed by atoms with Gasteiger partial charge in [0, 0.05) is 10.4 Å². The molecule has 0 spiro atoms. The number of carbonyl (C=O) groups excluding carboxylic acids is 1. The molecule has 1 saturated carbocycles. The van der Waals surface area contributed by atoms with Crippen molar-refractivity contribution in [1.29, 1.82) is 0 Å². The zero-order valence-electron chi connectivity index (χ0n) is 15.0. The number of rotatable bonds is 7. The molecule has 140 valence electrons. The molecule has 2 N–H and O–H groups in total. The normalized spacial score (nSPS) is 17.1. The maximum atomic E-state index is 13.1. The first kappa shape index (κ1) is 17.8. The van der Waals surface area contributed by atoms with Crippen LogP contribution in [-0.4, -0.2) is 24.7 Å². The third-order valence-electron chi connectivity index (χ3n) is 5.17. The van der Waals surface area contributed by atoms with E-state index in [1.807, 2.05) is 41.8 Å². The zero-order chi connectivity index (χ0) is 18.9. The summed E-state index contributed by atoms with van der Waals surface area (Å²) in [6.07, 6.45) is 3.04. The fourth-order valence-electron chi connectivity index (χ4n) is 3.48. The van der Waals surface area contributed by atoms with Crippen LogP contribution in [0.15, 0.2) is 64.6 Å². The third kappa shape index (κ3) is 3.05. The van der Waals surface area contributed by atoms with Gasteiger partial charge in [-0.3, -0.25) is 4.79 Å². The van der Waals surface area contributed by atoms with Crippen LogP contribution in [0.1, 0.15) is 29.0 Å². The number of carbonyl (C=O) groups is 1. The lowest BCUT2D eigenvalue weighted by molar-refractivity contribution is -0.124. The summed E-state index contributed by atoms with van der Waals surface area (Å²) in [4.78, 5) is 13.8. The van der Waals surface area contributed by atoms with Crippen molar-refractivity contribution in [2.45, 2.75) is 23.9 Å². The van der Waals surface area contributed by atoms with Crippen LogP contribution in [0.3, 0.4) is 0 Å². The van der Waals surface area contributed by atoms with Gasteiger partial charge in [0.1, 0.15) is 11.5 Å². The Morgan fingerprint density at radius 2 is 2.07 bits per heavy atom. The lowest BCUT2D eigenvalue weighted by Crippen LogP contribution is -2.44. The van der Waals surface area contributed by atoms with Crippen LogP contribution in [-0.2, 0) is 15.8 Å². The van der Waals surface area contributed by atoms with E-state index in [-0.39, 0.29) is 12.5 Å². The van der Waals surface area contributed by atoms with Gasteiger partial charge in [-0.15, -0.1) is 11.3 Å². The number of hydrogen-bond donors (Lipinski definition) is 2. The average Bonchev–Trinajstić information content (AvgIpc) is 3.11. The van der Waals surface area contributed by atoms with Crippen molar-refractivity contribution in [2.24, 2.45) is 0 Å². The van der Waals surface area contributed by atoms with Crippen LogP contribution in [0.4, 0.5) is 0 Å². The molecule has 5 nitrogen and oxygen atoms in total. The molecule has 0 radical (unpaired) electrons. The summed E-state index contributed by atoms with van der Waals surface area (Å²) >= 11 is 1.42. The minimum absolute atomic E-state index is 0.0385. The van der Waals surface area contributed by atoms with E-state index in [1.165, 1.54) is 17.6 Å². The lowest BCUT2D eigenvalue weighted by Gasteiger charge is -2.27. The van der Waals surface area contributed by atoms with Crippen molar-refractivity contribution in [3.05, 3.63) is 76.4 Å². The van der Waals surface area contributed by atoms with Crippen LogP contribution in [0.25, 0.3) is 0 Å². The largest absolute Gasteiger partial charge is 0.496 e. The molecule has 0 aliphatic heterocycles. The molecule has 0 unspecified atom stereocenters. The van der Waals surface area contributed by atoms with Gasteiger partial charge >= 0.3 is 0 Å². The third-order valence-corrected chi connectivity index (χ3v) is 6.19. The number of furan rings is 1. The van der Waals surface area contributed by atoms with E-state index < -0.39 is 11.0 Å². The zero-order valence-corrected chi connectivity index (χ0v) is 15.8. The van der Waals surface area contributed by atoms with Gasteiger partial charge in [-0.2, -0.15) is 0 Å². The van der Waals surface area contributed by atoms with E-state index in [4.69, 9.17) is 9.15 Å². The van der Waals surface area contributed by atoms with Crippen LogP contribution in [0, 0.1) is 0 Å². The summed E-state index contributed by atoms with van der Waals surface area (Å²) < 4.78 is 10.9. The van der Waals surface area contributed by atoms with Gasteiger partial charge in [-0.1, -0.05) is 24.3 Å². The van der Waals surface area contributed by atoms with Crippen molar-refractivity contribution in [3.8, 4) is 5.75 Å². The Morgan fingerprint density at radius 3 is 2.70 bits per heavy atom. The molecule has 2 aromatic heterocycles. The molecule has 3 aromatic rings. The van der Waals surface area contributed by atoms with E-state index in [9.17, 15) is 9.90 Å². The summed E-state index contributed by atoms with van der Waals surface area (Å²) in [6, 6.07) is 14.8. The maximum Gasteiger partial charge on any atom is 0.230 e. The van der Waals surface area contributed by atoms with Crippen molar-refractivity contribution in [1.82, 2.24) is 5.32 Å². The number of hydrogen-bond acceptors (Lipinski definition) is 5. The summed E-state index contributed by atoms with van der Waals surface area (Å²) in [5, 5.41) is 16.2. The number of thiophene rings is 1. The lowest BCUT2D eigenvalue weighted by atomic mass is 9.92. The molecule has 1 fully saturated rings. The topological polar surface area (TPSA) is 71.7 Å². The van der Waals surface area contributed by atoms with Gasteiger partial charge < -0.3 is 19.6 Å². The summed E-state index contributed by atoms with van der Waals surface area (Å²) in [6.45, 7) is 0.0385. The molecular weight excluding hydrogens is 362 g/mol. The standard InChI is InChI=1S/C21H21NO4S/c1-25-16-7-3-2-6-15(16)20(10-11-20)19(23)22-14-21(24,17-8-4-12-26-17)18-9-5-13-27-18/h2-9,12-13,24H,10-11,14H2,1H3,(H,22,23)/t21-/m1/s1. The fraction of sp³-hybridized carbons (Fsp3) is 0.286. The van der Waals surface area contributed by atoms with E-state index in [1.54, 1.807) is 19.2 Å². The van der Waals surface area contributed by atoms with Crippen LogP contribution in [0.5, 0.6) is 5.75 Å². The molecule has 2 heterocycles. The van der Waals surface area contributed by atoms with E-state index >= 15 is 0 Å². The van der Waals surface area contributed by atoms with Crippen molar-refractivity contribution in [3.63, 3.8) is 0 Å². The molecule has 1 amide bonds. The minimum atomic E-state index is -1.40. The predicted octanol–water partition coefficient (Wildman–Crippen LogP) is 3.43. The Morgan fingerprint density at radius 1 is 1.26 bits per heavy atom. The summed E-state index contributed by atoms with van der Waals surface area (Å²) in [5.74, 6) is 1.02. The molecule has 0 bridgehead atoms. The second-order valence-electron chi connectivity index (χ2n) is 6.78. The van der Waals surface area contributed by atoms with Gasteiger partial charge in [0.05, 0.1) is 25.3 Å². The smallest absolute Gasteiger partial charge is 0.230 e. The highest BCUT2D eigenvalue weighted by Crippen LogP contribution is 2.51. The van der Waals surface area contributed by atoms with Crippen molar-refractivity contribution in [2.75, 3.05) is 13.7 Å². The van der Waals surface area contributed by atoms with Gasteiger partial charge in [0.2, 0.25) is 5.91 Å². The van der Waals surface area contributed by atoms with Gasteiger partial charge in [-0.25, -0.2) is 0 Å². The first-order valence-electron chi connectivity index (χ1n) is 8.82. The second kappa shape index (κ2) is 6.87. The number of para-hydroxylation sites is 1. The van der Waals surface area contributed by atoms with Gasteiger partial charge in [0.15, 0.2) is 5.60 Å². The average molecular weight is 383 g/mol. The number of methoxy groups -OCH3 is 1. The van der Waals surface area contributed by atoms with Crippen LogP contribution < -0.4 is 10.1 Å². The highest BCUT2D eigenvalue weighted by molar-refractivity contribution is 7.10. The van der Waals surface area contributed by atoms with E-state index in [0.29, 0.717) is 11.5 Å². The molecule has 27 heavy (non-hydrogen) atoms. The second-order valence-corrected chi connectivity index (χ2v) is 7.73. The molecule has 1 aliphatic rings. The highest BCUT2D eigenvalue weighted by Gasteiger charge is 2.53. The maximum absolute atomic E-state index is 13.1. The van der Waals surface area contributed by atoms with E-state index in [0.717, 1.165) is 23.3 Å². The molecule has 1 aliphatic carbocycles. The van der Waals surface area contributed by atoms with Crippen LogP contribution >= 0.6 is 11.3 Å². The molecular formula is C21H21NO4S. The number of benzene rings is 1. The number of aliphatic hydroxyl groups is 1. The van der Waals surface area contributed by atoms with E-state index in [2.05, 4.69) is 5.32 Å². The van der Waals surface area contributed by atoms with Crippen molar-refractivity contribution >= 4 is 17.2 Å². The minimum Gasteiger partial charge on any atom is -0.496 e. The van der Waals surface area contributed by atoms with Crippen molar-refractivity contribution < 1.29 is 19.1 Å². The number of nitrogens with one attached hydrogen (secondary N) is 1. The Kier molecular flexibility index (Phi) is 4.53. The Labute approximate surface area is 161 Å². The summed E-state index contributed by atoms with van der Waals surface area (Å²) in [5.41, 5.74) is -1.10. The molecule has 1 aromatic carbocycles. The summed E-state index contributed by atoms with van der Waals surface area (Å²) in [7, 11) is 1.61. The number of ether oxygens (including phenoxy) is 1. The molecule has 0 saturated heterocycles. The van der Waals surface area contributed by atoms with Gasteiger partial charge in [0.25, 0.3) is 0 Å². The first-order valence-corrected chi connectivity index (χ1v) is 9.70. The Bertz CT molecular complexity index is 879. The van der Waals surface area contributed by atoms with Crippen LogP contribution in [0.2, 0.25) is 0 Å².